The largest absolute Gasteiger partial charge is 0.507 e. The van der Waals surface area contributed by atoms with E-state index in [1.165, 1.54) is 11.1 Å². The summed E-state index contributed by atoms with van der Waals surface area (Å²) in [5.41, 5.74) is 0.900. The van der Waals surface area contributed by atoms with Crippen LogP contribution in [0.3, 0.4) is 0 Å². The Labute approximate surface area is 170 Å². The van der Waals surface area contributed by atoms with E-state index in [0.29, 0.717) is 0 Å². The predicted octanol–water partition coefficient (Wildman–Crippen LogP) is 4.40. The first-order valence-electron chi connectivity index (χ1n) is 9.58. The van der Waals surface area contributed by atoms with Crippen molar-refractivity contribution >= 4 is 13.4 Å². The second-order valence-corrected chi connectivity index (χ2v) is 8.80. The third-order valence-corrected chi connectivity index (χ3v) is 7.37. The van der Waals surface area contributed by atoms with Gasteiger partial charge in [0, 0.05) is 7.05 Å². The molecule has 1 fully saturated rings. The number of ketones is 1. The molecular formula is C21H26NO6P. The Kier molecular flexibility index (Phi) is 6.88. The van der Waals surface area contributed by atoms with Crippen molar-refractivity contribution in [2.45, 2.75) is 25.7 Å². The lowest BCUT2D eigenvalue weighted by Crippen LogP contribution is -2.35. The molecule has 3 rings (SSSR count). The summed E-state index contributed by atoms with van der Waals surface area (Å²) in [7, 11) is -2.11. The Morgan fingerprint density at radius 3 is 2.24 bits per heavy atom. The summed E-state index contributed by atoms with van der Waals surface area (Å²) in [5.74, 6) is -2.38. The van der Waals surface area contributed by atoms with Gasteiger partial charge in [0.15, 0.2) is 5.78 Å². The van der Waals surface area contributed by atoms with Gasteiger partial charge < -0.3 is 14.2 Å². The number of Topliss-reactive ketones (excluding diaryl/α,β-unsaturated/α-hetero) is 1. The highest BCUT2D eigenvalue weighted by molar-refractivity contribution is 7.54. The topological polar surface area (TPSA) is 85.3 Å². The fraction of sp³-hybridized carbons (Fsp3) is 0.381. The maximum absolute atomic E-state index is 13.7. The minimum Gasteiger partial charge on any atom is -0.507 e. The van der Waals surface area contributed by atoms with Crippen LogP contribution in [-0.4, -0.2) is 42.0 Å². The number of phenols is 1. The highest BCUT2D eigenvalue weighted by Gasteiger charge is 2.56. The molecule has 1 heterocycles. The maximum Gasteiger partial charge on any atom is 0.350 e. The second kappa shape index (κ2) is 9.20. The third-order valence-electron chi connectivity index (χ3n) is 4.84. The summed E-state index contributed by atoms with van der Waals surface area (Å²) in [6.45, 7) is 3.76. The van der Waals surface area contributed by atoms with Crippen LogP contribution in [0, 0.1) is 5.92 Å². The van der Waals surface area contributed by atoms with E-state index in [0.717, 1.165) is 5.56 Å². The Balaban J connectivity index is 2.12. The molecule has 29 heavy (non-hydrogen) atoms. The normalized spacial score (nSPS) is 22.7. The van der Waals surface area contributed by atoms with Crippen molar-refractivity contribution in [2.75, 3.05) is 20.3 Å². The van der Waals surface area contributed by atoms with E-state index < -0.39 is 25.4 Å². The molecular weight excluding hydrogens is 393 g/mol. The van der Waals surface area contributed by atoms with Gasteiger partial charge in [-0.2, -0.15) is 5.06 Å². The summed E-state index contributed by atoms with van der Waals surface area (Å²) < 4.78 is 24.8. The molecule has 8 heteroatoms. The van der Waals surface area contributed by atoms with Crippen LogP contribution in [-0.2, 0) is 18.5 Å². The Morgan fingerprint density at radius 1 is 1.07 bits per heavy atom. The molecule has 0 radical (unpaired) electrons. The SMILES string of the molecule is CCOP(=O)(OCC)[C@@H]1[C@@H](C(=O)c2ccccc2O)[C@H](c2ccccc2)ON1C. The zero-order valence-electron chi connectivity index (χ0n) is 16.7. The number of phenolic OH excluding ortho intramolecular Hbond substituents is 1. The lowest BCUT2D eigenvalue weighted by Gasteiger charge is -2.29. The average molecular weight is 419 g/mol. The van der Waals surface area contributed by atoms with E-state index >= 15 is 0 Å². The van der Waals surface area contributed by atoms with Crippen molar-refractivity contribution in [1.82, 2.24) is 5.06 Å². The van der Waals surface area contributed by atoms with Gasteiger partial charge in [-0.1, -0.05) is 42.5 Å². The van der Waals surface area contributed by atoms with Crippen LogP contribution in [0.1, 0.15) is 35.9 Å². The number of carbonyl (C=O) groups is 1. The molecule has 0 aromatic heterocycles. The summed E-state index contributed by atoms with van der Waals surface area (Å²) in [6.07, 6.45) is -0.701. The van der Waals surface area contributed by atoms with Crippen LogP contribution in [0.25, 0.3) is 0 Å². The van der Waals surface area contributed by atoms with E-state index in [1.807, 2.05) is 30.3 Å². The number of nitrogens with zero attached hydrogens (tertiary/aromatic N) is 1. The monoisotopic (exact) mass is 419 g/mol. The molecule has 156 valence electrons. The molecule has 0 aliphatic carbocycles. The van der Waals surface area contributed by atoms with Crippen LogP contribution < -0.4 is 0 Å². The minimum absolute atomic E-state index is 0.139. The van der Waals surface area contributed by atoms with Gasteiger partial charge in [-0.05, 0) is 31.5 Å². The molecule has 3 atom stereocenters. The fourth-order valence-corrected chi connectivity index (χ4v) is 5.92. The molecule has 0 bridgehead atoms. The molecule has 0 spiro atoms. The standard InChI is InChI=1S/C21H26NO6P/c1-4-26-29(25,27-5-2)21-18(19(24)16-13-9-10-14-17(16)23)20(28-22(21)3)15-11-7-6-8-12-15/h6-14,18,20-21,23H,4-5H2,1-3H3/t18-,20-,21+/m0/s1. The van der Waals surface area contributed by atoms with Crippen LogP contribution in [0.5, 0.6) is 5.75 Å². The number of hydrogen-bond donors (Lipinski definition) is 1. The summed E-state index contributed by atoms with van der Waals surface area (Å²) >= 11 is 0. The van der Waals surface area contributed by atoms with Crippen molar-refractivity contribution in [3.05, 3.63) is 65.7 Å². The zero-order valence-corrected chi connectivity index (χ0v) is 17.6. The summed E-state index contributed by atoms with van der Waals surface area (Å²) in [4.78, 5) is 19.6. The van der Waals surface area contributed by atoms with Gasteiger partial charge in [-0.15, -0.1) is 0 Å². The molecule has 1 aliphatic heterocycles. The first kappa shape index (κ1) is 21.7. The summed E-state index contributed by atoms with van der Waals surface area (Å²) in [5, 5.41) is 11.6. The van der Waals surface area contributed by atoms with E-state index in [4.69, 9.17) is 13.9 Å². The molecule has 1 aliphatic rings. The molecule has 0 amide bonds. The lowest BCUT2D eigenvalue weighted by atomic mass is 9.88. The molecule has 7 nitrogen and oxygen atoms in total. The minimum atomic E-state index is -3.73. The quantitative estimate of drug-likeness (QED) is 0.501. The smallest absolute Gasteiger partial charge is 0.350 e. The highest BCUT2D eigenvalue weighted by Crippen LogP contribution is 2.62. The van der Waals surface area contributed by atoms with E-state index in [1.54, 1.807) is 39.1 Å². The van der Waals surface area contributed by atoms with Crippen LogP contribution in [0.4, 0.5) is 0 Å². The molecule has 0 unspecified atom stereocenters. The Bertz CT molecular complexity index is 880. The Hall–Kier alpha value is -2.02. The maximum atomic E-state index is 13.7. The van der Waals surface area contributed by atoms with E-state index in [-0.39, 0.29) is 30.3 Å². The van der Waals surface area contributed by atoms with Crippen molar-refractivity contribution in [1.29, 1.82) is 0 Å². The lowest BCUT2D eigenvalue weighted by molar-refractivity contribution is -0.137. The van der Waals surface area contributed by atoms with Gasteiger partial charge in [0.1, 0.15) is 17.6 Å². The van der Waals surface area contributed by atoms with Gasteiger partial charge in [0.2, 0.25) is 0 Å². The molecule has 1 N–H and O–H groups in total. The molecule has 0 saturated carbocycles. The number of benzene rings is 2. The van der Waals surface area contributed by atoms with Gasteiger partial charge in [-0.25, -0.2) is 0 Å². The van der Waals surface area contributed by atoms with Crippen molar-refractivity contribution in [2.24, 2.45) is 5.92 Å². The van der Waals surface area contributed by atoms with E-state index in [9.17, 15) is 14.5 Å². The number of hydroxylamine groups is 2. The van der Waals surface area contributed by atoms with Crippen molar-refractivity contribution in [3.8, 4) is 5.75 Å². The first-order chi connectivity index (χ1) is 13.9. The third kappa shape index (κ3) is 4.29. The van der Waals surface area contributed by atoms with Gasteiger partial charge in [-0.3, -0.25) is 14.2 Å². The van der Waals surface area contributed by atoms with Gasteiger partial charge >= 0.3 is 7.60 Å². The predicted molar refractivity (Wildman–Crippen MR) is 109 cm³/mol. The van der Waals surface area contributed by atoms with Gasteiger partial charge in [0.25, 0.3) is 0 Å². The number of para-hydroxylation sites is 1. The second-order valence-electron chi connectivity index (χ2n) is 6.68. The van der Waals surface area contributed by atoms with Crippen LogP contribution >= 0.6 is 7.60 Å². The molecule has 1 saturated heterocycles. The fourth-order valence-electron chi connectivity index (χ4n) is 3.68. The van der Waals surface area contributed by atoms with Gasteiger partial charge in [0.05, 0.1) is 24.7 Å². The average Bonchev–Trinajstić information content (AvgIpc) is 3.07. The molecule has 2 aromatic rings. The number of hydrogen-bond acceptors (Lipinski definition) is 7. The van der Waals surface area contributed by atoms with E-state index in [2.05, 4.69) is 0 Å². The molecule has 2 aromatic carbocycles. The van der Waals surface area contributed by atoms with Crippen molar-refractivity contribution < 1.29 is 28.4 Å². The zero-order chi connectivity index (χ0) is 21.0. The number of carbonyl (C=O) groups excluding carboxylic acids is 1. The van der Waals surface area contributed by atoms with Crippen LogP contribution in [0.2, 0.25) is 0 Å². The number of rotatable bonds is 8. The Morgan fingerprint density at radius 2 is 1.66 bits per heavy atom. The number of aromatic hydroxyl groups is 1. The first-order valence-corrected chi connectivity index (χ1v) is 11.2. The highest BCUT2D eigenvalue weighted by atomic mass is 31.2. The van der Waals surface area contributed by atoms with Crippen LogP contribution in [0.15, 0.2) is 54.6 Å². The summed E-state index contributed by atoms with van der Waals surface area (Å²) in [6, 6.07) is 15.5. The van der Waals surface area contributed by atoms with Crippen molar-refractivity contribution in [3.63, 3.8) is 0 Å².